The van der Waals surface area contributed by atoms with Crippen LogP contribution in [0.4, 0.5) is 0 Å². The molecule has 0 aromatic carbocycles. The smallest absolute Gasteiger partial charge is 0.462 e. The number of hydrogen-bond acceptors (Lipinski definition) is 8. The molecule has 3 N–H and O–H groups in total. The van der Waals surface area contributed by atoms with Gasteiger partial charge in [0.25, 0.3) is 0 Å². The van der Waals surface area contributed by atoms with Crippen LogP contribution in [0.25, 0.3) is 0 Å². The molecule has 0 spiro atoms. The molecule has 0 bridgehead atoms. The number of hydrogen-bond donors (Lipinski definition) is 2. The SMILES string of the molecule is CCCCCCCCCCCCCCCCCCCCCCCCCCCCCC(=O)OCC(COP(=O)(O)OCCN)OC(=O)CCCCCCCCCCCCCCCCCCCCCCCCCCCCC. The maximum absolute atomic E-state index is 12.7. The van der Waals surface area contributed by atoms with E-state index in [1.54, 1.807) is 0 Å². The van der Waals surface area contributed by atoms with Gasteiger partial charge in [0.2, 0.25) is 0 Å². The Hall–Kier alpha value is -0.990. The molecule has 2 unspecified atom stereocenters. The van der Waals surface area contributed by atoms with Crippen molar-refractivity contribution in [2.24, 2.45) is 5.73 Å². The maximum Gasteiger partial charge on any atom is 0.472 e. The number of phosphoric acid groups is 1. The number of ether oxygens (including phenoxy) is 2. The highest BCUT2D eigenvalue weighted by atomic mass is 31.2. The molecule has 0 saturated heterocycles. The molecule has 0 fully saturated rings. The summed E-state index contributed by atoms with van der Waals surface area (Å²) >= 11 is 0. The van der Waals surface area contributed by atoms with E-state index >= 15 is 0 Å². The van der Waals surface area contributed by atoms with Gasteiger partial charge in [-0.1, -0.05) is 348 Å². The third kappa shape index (κ3) is 62.1. The monoisotopic (exact) mass is 1080 g/mol. The van der Waals surface area contributed by atoms with Crippen molar-refractivity contribution in [3.63, 3.8) is 0 Å². The van der Waals surface area contributed by atoms with Crippen LogP contribution in [-0.4, -0.2) is 49.3 Å². The highest BCUT2D eigenvalue weighted by Gasteiger charge is 2.26. The molecule has 10 heteroatoms. The lowest BCUT2D eigenvalue weighted by Gasteiger charge is -2.19. The summed E-state index contributed by atoms with van der Waals surface area (Å²) in [6.45, 7) is 3.84. The molecule has 0 heterocycles. The van der Waals surface area contributed by atoms with Crippen molar-refractivity contribution in [1.82, 2.24) is 0 Å². The first-order valence-corrected chi connectivity index (χ1v) is 35.0. The lowest BCUT2D eigenvalue weighted by atomic mass is 10.0. The number of phosphoric ester groups is 1. The van der Waals surface area contributed by atoms with Gasteiger partial charge in [0.15, 0.2) is 6.10 Å². The Kier molecular flexibility index (Phi) is 61.4. The number of unbranched alkanes of at least 4 members (excludes halogenated alkanes) is 52. The second kappa shape index (κ2) is 62.2. The highest BCUT2D eigenvalue weighted by Crippen LogP contribution is 2.43. The molecule has 0 aromatic heterocycles. The lowest BCUT2D eigenvalue weighted by molar-refractivity contribution is -0.161. The van der Waals surface area contributed by atoms with E-state index in [2.05, 4.69) is 13.8 Å². The van der Waals surface area contributed by atoms with Crippen molar-refractivity contribution in [3.05, 3.63) is 0 Å². The molecule has 2 atom stereocenters. The average Bonchev–Trinajstić information content (AvgIpc) is 3.40. The first-order valence-electron chi connectivity index (χ1n) is 33.5. The Balaban J connectivity index is 3.82. The van der Waals surface area contributed by atoms with Gasteiger partial charge >= 0.3 is 19.8 Å². The quantitative estimate of drug-likeness (QED) is 0.0347. The predicted octanol–water partition coefficient (Wildman–Crippen LogP) is 21.4. The normalized spacial score (nSPS) is 12.9. The van der Waals surface area contributed by atoms with Crippen molar-refractivity contribution in [1.29, 1.82) is 0 Å². The van der Waals surface area contributed by atoms with E-state index in [-0.39, 0.29) is 32.1 Å². The zero-order chi connectivity index (χ0) is 54.5. The molecule has 0 aliphatic heterocycles. The summed E-state index contributed by atoms with van der Waals surface area (Å²) in [4.78, 5) is 35.3. The second-order valence-corrected chi connectivity index (χ2v) is 24.5. The van der Waals surface area contributed by atoms with Crippen molar-refractivity contribution in [2.45, 2.75) is 380 Å². The summed E-state index contributed by atoms with van der Waals surface area (Å²) in [6, 6.07) is 0. The fraction of sp³-hybridized carbons (Fsp3) is 0.969. The van der Waals surface area contributed by atoms with E-state index in [0.29, 0.717) is 12.8 Å². The van der Waals surface area contributed by atoms with E-state index in [4.69, 9.17) is 24.3 Å². The van der Waals surface area contributed by atoms with Crippen molar-refractivity contribution in [3.8, 4) is 0 Å². The Morgan fingerprint density at radius 2 is 0.573 bits per heavy atom. The molecule has 0 aromatic rings. The van der Waals surface area contributed by atoms with Crippen LogP contribution < -0.4 is 5.73 Å². The first kappa shape index (κ1) is 74.0. The van der Waals surface area contributed by atoms with Crippen LogP contribution in [0.3, 0.4) is 0 Å². The van der Waals surface area contributed by atoms with E-state index in [0.717, 1.165) is 32.1 Å². The van der Waals surface area contributed by atoms with Crippen LogP contribution >= 0.6 is 7.82 Å². The Morgan fingerprint density at radius 3 is 0.813 bits per heavy atom. The van der Waals surface area contributed by atoms with Crippen molar-refractivity contribution >= 4 is 19.8 Å². The number of rotatable bonds is 65. The summed E-state index contributed by atoms with van der Waals surface area (Å²) < 4.78 is 33.2. The molecule has 448 valence electrons. The van der Waals surface area contributed by atoms with Gasteiger partial charge in [-0.3, -0.25) is 18.6 Å². The topological polar surface area (TPSA) is 134 Å². The zero-order valence-corrected chi connectivity index (χ0v) is 51.2. The standard InChI is InChI=1S/C65H130NO8P/c1-3-5-7-9-11-13-15-17-19-21-23-25-27-29-31-33-35-37-39-41-43-45-47-49-51-53-55-57-64(67)71-61-63(62-73-75(69,70)72-60-59-66)74-65(68)58-56-54-52-50-48-46-44-42-40-38-36-34-32-30-28-26-24-22-20-18-16-14-12-10-8-6-4-2/h63H,3-62,66H2,1-2H3,(H,69,70). The van der Waals surface area contributed by atoms with Gasteiger partial charge in [-0.15, -0.1) is 0 Å². The molecule has 0 radical (unpaired) electrons. The number of esters is 2. The molecule has 0 aliphatic carbocycles. The van der Waals surface area contributed by atoms with Gasteiger partial charge in [-0.05, 0) is 12.8 Å². The van der Waals surface area contributed by atoms with E-state index in [1.165, 1.54) is 308 Å². The largest absolute Gasteiger partial charge is 0.472 e. The fourth-order valence-electron chi connectivity index (χ4n) is 10.5. The predicted molar refractivity (Wildman–Crippen MR) is 322 cm³/mol. The van der Waals surface area contributed by atoms with Crippen LogP contribution in [0.5, 0.6) is 0 Å². The molecule has 0 aliphatic rings. The number of carbonyl (C=O) groups is 2. The molecule has 9 nitrogen and oxygen atoms in total. The summed E-state index contributed by atoms with van der Waals surface area (Å²) in [5, 5.41) is 0. The molecule has 75 heavy (non-hydrogen) atoms. The Morgan fingerprint density at radius 1 is 0.347 bits per heavy atom. The summed E-state index contributed by atoms with van der Waals surface area (Å²) in [6.07, 6.45) is 71.9. The number of nitrogens with two attached hydrogens (primary N) is 1. The maximum atomic E-state index is 12.7. The molecule has 0 amide bonds. The zero-order valence-electron chi connectivity index (χ0n) is 50.3. The third-order valence-electron chi connectivity index (χ3n) is 15.5. The van der Waals surface area contributed by atoms with Crippen LogP contribution in [0.2, 0.25) is 0 Å². The van der Waals surface area contributed by atoms with E-state index in [9.17, 15) is 19.0 Å². The van der Waals surface area contributed by atoms with Gasteiger partial charge in [0, 0.05) is 19.4 Å². The summed E-state index contributed by atoms with van der Waals surface area (Å²) in [5.41, 5.74) is 5.40. The van der Waals surface area contributed by atoms with Crippen LogP contribution in [0.15, 0.2) is 0 Å². The third-order valence-corrected chi connectivity index (χ3v) is 16.5. The minimum atomic E-state index is -4.38. The van der Waals surface area contributed by atoms with Crippen LogP contribution in [0.1, 0.15) is 373 Å². The molecule has 0 saturated carbocycles. The van der Waals surface area contributed by atoms with Crippen LogP contribution in [0, 0.1) is 0 Å². The highest BCUT2D eigenvalue weighted by molar-refractivity contribution is 7.47. The first-order chi connectivity index (χ1) is 36.8. The lowest BCUT2D eigenvalue weighted by Crippen LogP contribution is -2.29. The summed E-state index contributed by atoms with van der Waals surface area (Å²) in [7, 11) is -4.38. The minimum Gasteiger partial charge on any atom is -0.462 e. The van der Waals surface area contributed by atoms with Gasteiger partial charge in [-0.2, -0.15) is 0 Å². The van der Waals surface area contributed by atoms with Gasteiger partial charge in [0.1, 0.15) is 6.61 Å². The Bertz CT molecular complexity index is 1190. The summed E-state index contributed by atoms with van der Waals surface area (Å²) in [5.74, 6) is -0.798. The minimum absolute atomic E-state index is 0.0588. The van der Waals surface area contributed by atoms with Crippen molar-refractivity contribution < 1.29 is 37.6 Å². The van der Waals surface area contributed by atoms with Gasteiger partial charge in [0.05, 0.1) is 13.2 Å². The molecule has 0 rings (SSSR count). The van der Waals surface area contributed by atoms with Gasteiger partial charge < -0.3 is 20.1 Å². The van der Waals surface area contributed by atoms with Crippen molar-refractivity contribution in [2.75, 3.05) is 26.4 Å². The van der Waals surface area contributed by atoms with E-state index < -0.39 is 26.5 Å². The fourth-order valence-corrected chi connectivity index (χ4v) is 11.3. The second-order valence-electron chi connectivity index (χ2n) is 23.1. The van der Waals surface area contributed by atoms with Gasteiger partial charge in [-0.25, -0.2) is 4.57 Å². The van der Waals surface area contributed by atoms with Crippen LogP contribution in [-0.2, 0) is 32.7 Å². The molecular formula is C65H130NO8P. The van der Waals surface area contributed by atoms with E-state index in [1.807, 2.05) is 0 Å². The average molecular weight is 1080 g/mol. The number of carbonyl (C=O) groups excluding carboxylic acids is 2. The Labute approximate surface area is 467 Å². The molecular weight excluding hydrogens is 954 g/mol.